The van der Waals surface area contributed by atoms with Crippen molar-refractivity contribution in [1.82, 2.24) is 4.90 Å². The number of carbonyl (C=O) groups is 1. The summed E-state index contributed by atoms with van der Waals surface area (Å²) in [6.07, 6.45) is 7.29. The minimum absolute atomic E-state index is 0.124. The van der Waals surface area contributed by atoms with Crippen LogP contribution in [-0.4, -0.2) is 40.9 Å². The topological polar surface area (TPSA) is 29.5 Å². The van der Waals surface area contributed by atoms with Crippen LogP contribution in [0.15, 0.2) is 0 Å². The van der Waals surface area contributed by atoms with Crippen molar-refractivity contribution >= 4 is 21.8 Å². The Kier molecular flexibility index (Phi) is 5.29. The van der Waals surface area contributed by atoms with Crippen molar-refractivity contribution in [2.45, 2.75) is 64.1 Å². The molecule has 1 amide bonds. The molecule has 0 spiro atoms. The monoisotopic (exact) mass is 331 g/mol. The number of amides is 1. The molecule has 0 bridgehead atoms. The van der Waals surface area contributed by atoms with Crippen LogP contribution in [0.4, 0.5) is 0 Å². The second-order valence-corrected chi connectivity index (χ2v) is 7.28. The van der Waals surface area contributed by atoms with Gasteiger partial charge in [-0.05, 0) is 32.6 Å². The van der Waals surface area contributed by atoms with Crippen LogP contribution in [0.2, 0.25) is 0 Å². The number of carbonyl (C=O) groups excluding carboxylic acids is 1. The number of morpholine rings is 1. The lowest BCUT2D eigenvalue weighted by molar-refractivity contribution is -0.158. The first-order chi connectivity index (χ1) is 9.00. The second kappa shape index (κ2) is 6.57. The van der Waals surface area contributed by atoms with Crippen molar-refractivity contribution < 1.29 is 9.53 Å². The van der Waals surface area contributed by atoms with Gasteiger partial charge in [0.2, 0.25) is 5.91 Å². The molecule has 0 aromatic carbocycles. The van der Waals surface area contributed by atoms with Crippen LogP contribution in [0.1, 0.15) is 52.4 Å². The van der Waals surface area contributed by atoms with Gasteiger partial charge in [0.25, 0.3) is 0 Å². The summed E-state index contributed by atoms with van der Waals surface area (Å²) in [7, 11) is 0. The fourth-order valence-corrected chi connectivity index (χ4v) is 3.67. The maximum absolute atomic E-state index is 12.5. The number of nitrogens with zero attached hydrogens (tertiary/aromatic N) is 1. The van der Waals surface area contributed by atoms with E-state index in [-0.39, 0.29) is 11.7 Å². The molecule has 1 heterocycles. The summed E-state index contributed by atoms with van der Waals surface area (Å²) in [6.45, 7) is 5.60. The fourth-order valence-electron chi connectivity index (χ4n) is 3.33. The van der Waals surface area contributed by atoms with Crippen LogP contribution in [0.25, 0.3) is 0 Å². The molecule has 110 valence electrons. The molecule has 1 saturated heterocycles. The van der Waals surface area contributed by atoms with E-state index < -0.39 is 0 Å². The molecular weight excluding hydrogens is 306 g/mol. The summed E-state index contributed by atoms with van der Waals surface area (Å²) in [6, 6.07) is 0. The van der Waals surface area contributed by atoms with E-state index in [1.54, 1.807) is 0 Å². The van der Waals surface area contributed by atoms with E-state index in [4.69, 9.17) is 4.74 Å². The summed E-state index contributed by atoms with van der Waals surface area (Å²) >= 11 is 3.47. The van der Waals surface area contributed by atoms with Crippen molar-refractivity contribution in [2.24, 2.45) is 5.92 Å². The third kappa shape index (κ3) is 4.45. The predicted molar refractivity (Wildman–Crippen MR) is 80.5 cm³/mol. The van der Waals surface area contributed by atoms with Gasteiger partial charge in [0, 0.05) is 24.8 Å². The SMILES string of the molecule is CC1(C)CN(C(=O)CC2CCCCC2)CC(CBr)O1. The highest BCUT2D eigenvalue weighted by Crippen LogP contribution is 2.28. The van der Waals surface area contributed by atoms with E-state index in [2.05, 4.69) is 29.8 Å². The van der Waals surface area contributed by atoms with Gasteiger partial charge in [0.05, 0.1) is 11.7 Å². The molecule has 1 atom stereocenters. The lowest BCUT2D eigenvalue weighted by Crippen LogP contribution is -2.55. The maximum atomic E-state index is 12.5. The Balaban J connectivity index is 1.89. The Morgan fingerprint density at radius 2 is 2.00 bits per heavy atom. The van der Waals surface area contributed by atoms with Crippen molar-refractivity contribution in [3.63, 3.8) is 0 Å². The van der Waals surface area contributed by atoms with Crippen LogP contribution in [0.3, 0.4) is 0 Å². The number of alkyl halides is 1. The van der Waals surface area contributed by atoms with Crippen LogP contribution < -0.4 is 0 Å². The summed E-state index contributed by atoms with van der Waals surface area (Å²) < 4.78 is 5.95. The highest BCUT2D eigenvalue weighted by atomic mass is 79.9. The van der Waals surface area contributed by atoms with E-state index in [0.29, 0.717) is 11.8 Å². The van der Waals surface area contributed by atoms with Gasteiger partial charge in [-0.1, -0.05) is 35.2 Å². The average molecular weight is 332 g/mol. The summed E-state index contributed by atoms with van der Waals surface area (Å²) in [4.78, 5) is 14.5. The molecule has 3 nitrogen and oxygen atoms in total. The van der Waals surface area contributed by atoms with Crippen molar-refractivity contribution in [3.05, 3.63) is 0 Å². The third-order valence-corrected chi connectivity index (χ3v) is 4.92. The maximum Gasteiger partial charge on any atom is 0.223 e. The molecule has 2 fully saturated rings. The normalized spacial score (nSPS) is 28.4. The van der Waals surface area contributed by atoms with Crippen LogP contribution >= 0.6 is 15.9 Å². The first kappa shape index (κ1) is 15.3. The quantitative estimate of drug-likeness (QED) is 0.742. The number of hydrogen-bond acceptors (Lipinski definition) is 2. The molecule has 0 radical (unpaired) electrons. The first-order valence-corrected chi connectivity index (χ1v) is 8.64. The summed E-state index contributed by atoms with van der Waals surface area (Å²) in [5.74, 6) is 0.948. The minimum Gasteiger partial charge on any atom is -0.368 e. The molecule has 1 saturated carbocycles. The van der Waals surface area contributed by atoms with E-state index in [0.717, 1.165) is 24.8 Å². The zero-order chi connectivity index (χ0) is 13.9. The first-order valence-electron chi connectivity index (χ1n) is 7.52. The Bertz CT molecular complexity index is 313. The van der Waals surface area contributed by atoms with Gasteiger partial charge in [-0.3, -0.25) is 4.79 Å². The van der Waals surface area contributed by atoms with Gasteiger partial charge in [-0.15, -0.1) is 0 Å². The van der Waals surface area contributed by atoms with Crippen LogP contribution in [0, 0.1) is 5.92 Å². The molecule has 1 aliphatic heterocycles. The minimum atomic E-state index is -0.223. The highest BCUT2D eigenvalue weighted by Gasteiger charge is 2.35. The summed E-state index contributed by atoms with van der Waals surface area (Å²) in [5, 5.41) is 0.795. The Labute approximate surface area is 125 Å². The zero-order valence-corrected chi connectivity index (χ0v) is 13.7. The van der Waals surface area contributed by atoms with Crippen molar-refractivity contribution in [1.29, 1.82) is 0 Å². The lowest BCUT2D eigenvalue weighted by atomic mass is 9.86. The van der Waals surface area contributed by atoms with Crippen LogP contribution in [-0.2, 0) is 9.53 Å². The van der Waals surface area contributed by atoms with Gasteiger partial charge in [0.1, 0.15) is 0 Å². The molecule has 2 aliphatic rings. The molecule has 0 aromatic heterocycles. The van der Waals surface area contributed by atoms with Crippen molar-refractivity contribution in [3.8, 4) is 0 Å². The van der Waals surface area contributed by atoms with Gasteiger partial charge < -0.3 is 9.64 Å². The molecular formula is C15H26BrNO2. The highest BCUT2D eigenvalue weighted by molar-refractivity contribution is 9.09. The molecule has 4 heteroatoms. The molecule has 1 unspecified atom stereocenters. The predicted octanol–water partition coefficient (Wildman–Crippen LogP) is 3.36. The Hall–Kier alpha value is -0.0900. The molecule has 2 rings (SSSR count). The van der Waals surface area contributed by atoms with Gasteiger partial charge in [-0.2, -0.15) is 0 Å². The molecule has 0 N–H and O–H groups in total. The molecule has 19 heavy (non-hydrogen) atoms. The third-order valence-electron chi connectivity index (χ3n) is 4.19. The molecule has 1 aliphatic carbocycles. The average Bonchev–Trinajstić information content (AvgIpc) is 2.38. The van der Waals surface area contributed by atoms with Crippen LogP contribution in [0.5, 0.6) is 0 Å². The van der Waals surface area contributed by atoms with Gasteiger partial charge in [0.15, 0.2) is 0 Å². The standard InChI is InChI=1S/C15H26BrNO2/c1-15(2)11-17(10-13(9-16)19-15)14(18)8-12-6-4-3-5-7-12/h12-13H,3-11H2,1-2H3. The summed E-state index contributed by atoms with van der Waals surface area (Å²) in [5.41, 5.74) is -0.223. The van der Waals surface area contributed by atoms with E-state index in [1.807, 2.05) is 4.90 Å². The van der Waals surface area contributed by atoms with E-state index in [1.165, 1.54) is 32.1 Å². The second-order valence-electron chi connectivity index (χ2n) is 6.64. The Morgan fingerprint density at radius 1 is 1.32 bits per heavy atom. The van der Waals surface area contributed by atoms with Gasteiger partial charge in [-0.25, -0.2) is 0 Å². The number of rotatable bonds is 3. The lowest BCUT2D eigenvalue weighted by Gasteiger charge is -2.42. The number of ether oxygens (including phenoxy) is 1. The molecule has 0 aromatic rings. The largest absolute Gasteiger partial charge is 0.368 e. The van der Waals surface area contributed by atoms with Crippen molar-refractivity contribution in [2.75, 3.05) is 18.4 Å². The van der Waals surface area contributed by atoms with Gasteiger partial charge >= 0.3 is 0 Å². The zero-order valence-electron chi connectivity index (χ0n) is 12.2. The smallest absolute Gasteiger partial charge is 0.223 e. The van der Waals surface area contributed by atoms with E-state index in [9.17, 15) is 4.79 Å². The Morgan fingerprint density at radius 3 is 2.63 bits per heavy atom. The number of hydrogen-bond donors (Lipinski definition) is 0. The number of halogens is 1. The van der Waals surface area contributed by atoms with E-state index >= 15 is 0 Å². The fraction of sp³-hybridized carbons (Fsp3) is 0.933.